The minimum atomic E-state index is -0.110. The van der Waals surface area contributed by atoms with Crippen LogP contribution >= 0.6 is 0 Å². The summed E-state index contributed by atoms with van der Waals surface area (Å²) in [4.78, 5) is 18.8. The lowest BCUT2D eigenvalue weighted by Crippen LogP contribution is -2.47. The molecule has 3 rings (SSSR count). The first-order valence-electron chi connectivity index (χ1n) is 7.37. The number of aromatic nitrogens is 1. The van der Waals surface area contributed by atoms with E-state index in [1.165, 1.54) is 0 Å². The predicted octanol–water partition coefficient (Wildman–Crippen LogP) is 3.08. The number of nitrogens with one attached hydrogen (secondary N) is 1. The van der Waals surface area contributed by atoms with Crippen molar-refractivity contribution in [1.29, 1.82) is 0 Å². The van der Waals surface area contributed by atoms with Crippen LogP contribution < -0.4 is 10.2 Å². The highest BCUT2D eigenvalue weighted by atomic mass is 16.2. The van der Waals surface area contributed by atoms with E-state index in [2.05, 4.69) is 27.3 Å². The van der Waals surface area contributed by atoms with Gasteiger partial charge >= 0.3 is 0 Å². The number of hydrogen-bond donors (Lipinski definition) is 1. The Kier molecular flexibility index (Phi) is 4.15. The molecule has 0 spiro atoms. The van der Waals surface area contributed by atoms with Crippen LogP contribution in [-0.4, -0.2) is 23.5 Å². The van der Waals surface area contributed by atoms with Crippen molar-refractivity contribution in [1.82, 2.24) is 4.98 Å². The molecule has 0 aliphatic carbocycles. The van der Waals surface area contributed by atoms with E-state index in [9.17, 15) is 4.79 Å². The second-order valence-corrected chi connectivity index (χ2v) is 5.27. The second kappa shape index (κ2) is 6.39. The molecule has 2 aromatic rings. The summed E-state index contributed by atoms with van der Waals surface area (Å²) in [6, 6.07) is 13.7. The Morgan fingerprint density at radius 2 is 2.00 bits per heavy atom. The van der Waals surface area contributed by atoms with Crippen molar-refractivity contribution in [2.75, 3.05) is 16.8 Å². The number of nitrogens with zero attached hydrogens (tertiary/aromatic N) is 2. The van der Waals surface area contributed by atoms with Gasteiger partial charge in [-0.25, -0.2) is 0 Å². The van der Waals surface area contributed by atoms with Crippen LogP contribution in [0, 0.1) is 0 Å². The zero-order valence-electron chi connectivity index (χ0n) is 11.9. The first-order valence-corrected chi connectivity index (χ1v) is 7.37. The van der Waals surface area contributed by atoms with E-state index in [4.69, 9.17) is 0 Å². The molecule has 1 aromatic carbocycles. The molecule has 1 aromatic heterocycles. The molecule has 1 aliphatic heterocycles. The number of pyridine rings is 1. The molecule has 2 heterocycles. The predicted molar refractivity (Wildman–Crippen MR) is 84.3 cm³/mol. The highest BCUT2D eigenvalue weighted by Gasteiger charge is 2.28. The van der Waals surface area contributed by atoms with Crippen molar-refractivity contribution in [3.63, 3.8) is 0 Å². The number of rotatable bonds is 3. The highest BCUT2D eigenvalue weighted by Crippen LogP contribution is 2.25. The fraction of sp³-hybridized carbons (Fsp3) is 0.294. The summed E-state index contributed by atoms with van der Waals surface area (Å²) in [5.74, 6) is 0.0477. The van der Waals surface area contributed by atoms with Crippen molar-refractivity contribution in [3.05, 3.63) is 54.9 Å². The van der Waals surface area contributed by atoms with Gasteiger partial charge in [0.1, 0.15) is 6.04 Å². The van der Waals surface area contributed by atoms with E-state index in [1.54, 1.807) is 12.4 Å². The van der Waals surface area contributed by atoms with Crippen LogP contribution in [0.25, 0.3) is 0 Å². The quantitative estimate of drug-likeness (QED) is 0.940. The molecule has 1 amide bonds. The van der Waals surface area contributed by atoms with Crippen LogP contribution in [0.4, 0.5) is 11.4 Å². The van der Waals surface area contributed by atoms with Gasteiger partial charge in [-0.3, -0.25) is 9.78 Å². The fourth-order valence-electron chi connectivity index (χ4n) is 2.79. The standard InChI is InChI=1S/C17H19N3O/c21-17(19-14-7-6-11-18-13-14)16-10-4-5-12-20(16)15-8-2-1-3-9-15/h1-3,6-9,11,13,16H,4-5,10,12H2,(H,19,21). The monoisotopic (exact) mass is 281 g/mol. The third-order valence-corrected chi connectivity index (χ3v) is 3.82. The molecule has 1 N–H and O–H groups in total. The Morgan fingerprint density at radius 3 is 2.76 bits per heavy atom. The van der Waals surface area contributed by atoms with Crippen molar-refractivity contribution >= 4 is 17.3 Å². The number of anilines is 2. The van der Waals surface area contributed by atoms with Crippen molar-refractivity contribution in [2.24, 2.45) is 0 Å². The SMILES string of the molecule is O=C(Nc1cccnc1)C1CCCCN1c1ccccc1. The van der Waals surface area contributed by atoms with Crippen molar-refractivity contribution in [2.45, 2.75) is 25.3 Å². The number of carbonyl (C=O) groups is 1. The van der Waals surface area contributed by atoms with Gasteiger partial charge in [0.2, 0.25) is 5.91 Å². The number of amides is 1. The number of piperidine rings is 1. The van der Waals surface area contributed by atoms with E-state index >= 15 is 0 Å². The van der Waals surface area contributed by atoms with Crippen LogP contribution in [0.15, 0.2) is 54.9 Å². The van der Waals surface area contributed by atoms with Gasteiger partial charge in [-0.15, -0.1) is 0 Å². The summed E-state index contributed by atoms with van der Waals surface area (Å²) < 4.78 is 0. The Bertz CT molecular complexity index is 585. The zero-order chi connectivity index (χ0) is 14.5. The number of benzene rings is 1. The van der Waals surface area contributed by atoms with Crippen LogP contribution in [0.5, 0.6) is 0 Å². The molecular weight excluding hydrogens is 262 g/mol. The molecule has 1 unspecified atom stereocenters. The topological polar surface area (TPSA) is 45.2 Å². The Balaban J connectivity index is 1.76. The summed E-state index contributed by atoms with van der Waals surface area (Å²) in [7, 11) is 0. The first-order chi connectivity index (χ1) is 10.3. The smallest absolute Gasteiger partial charge is 0.247 e. The van der Waals surface area contributed by atoms with E-state index in [-0.39, 0.29) is 11.9 Å². The van der Waals surface area contributed by atoms with Gasteiger partial charge in [-0.05, 0) is 43.5 Å². The fourth-order valence-corrected chi connectivity index (χ4v) is 2.79. The molecule has 21 heavy (non-hydrogen) atoms. The Hall–Kier alpha value is -2.36. The summed E-state index contributed by atoms with van der Waals surface area (Å²) in [6.45, 7) is 0.926. The molecule has 4 nitrogen and oxygen atoms in total. The molecule has 4 heteroatoms. The number of para-hydroxylation sites is 1. The highest BCUT2D eigenvalue weighted by molar-refractivity contribution is 5.96. The molecule has 1 saturated heterocycles. The van der Waals surface area contributed by atoms with E-state index in [1.807, 2.05) is 30.3 Å². The first kappa shape index (κ1) is 13.6. The lowest BCUT2D eigenvalue weighted by Gasteiger charge is -2.36. The molecule has 108 valence electrons. The van der Waals surface area contributed by atoms with Gasteiger partial charge in [0.15, 0.2) is 0 Å². The average Bonchev–Trinajstić information content (AvgIpc) is 2.56. The second-order valence-electron chi connectivity index (χ2n) is 5.27. The van der Waals surface area contributed by atoms with Gasteiger partial charge in [0.25, 0.3) is 0 Å². The number of hydrogen-bond acceptors (Lipinski definition) is 3. The van der Waals surface area contributed by atoms with Crippen LogP contribution in [0.1, 0.15) is 19.3 Å². The van der Waals surface area contributed by atoms with Crippen LogP contribution in [0.2, 0.25) is 0 Å². The minimum absolute atomic E-state index is 0.0477. The summed E-state index contributed by atoms with van der Waals surface area (Å²) >= 11 is 0. The maximum atomic E-state index is 12.6. The Morgan fingerprint density at radius 1 is 1.14 bits per heavy atom. The van der Waals surface area contributed by atoms with Crippen molar-refractivity contribution in [3.8, 4) is 0 Å². The summed E-state index contributed by atoms with van der Waals surface area (Å²) in [5.41, 5.74) is 1.87. The lowest BCUT2D eigenvalue weighted by atomic mass is 10.0. The maximum absolute atomic E-state index is 12.6. The van der Waals surface area contributed by atoms with E-state index in [0.717, 1.165) is 37.2 Å². The van der Waals surface area contributed by atoms with Gasteiger partial charge < -0.3 is 10.2 Å². The van der Waals surface area contributed by atoms with Gasteiger partial charge in [0, 0.05) is 18.4 Å². The third-order valence-electron chi connectivity index (χ3n) is 3.82. The van der Waals surface area contributed by atoms with Gasteiger partial charge in [0.05, 0.1) is 11.9 Å². The average molecular weight is 281 g/mol. The van der Waals surface area contributed by atoms with E-state index < -0.39 is 0 Å². The zero-order valence-corrected chi connectivity index (χ0v) is 11.9. The normalized spacial score (nSPS) is 18.3. The number of carbonyl (C=O) groups excluding carboxylic acids is 1. The molecule has 1 aliphatic rings. The summed E-state index contributed by atoms with van der Waals surface area (Å²) in [5, 5.41) is 2.97. The minimum Gasteiger partial charge on any atom is -0.360 e. The van der Waals surface area contributed by atoms with Crippen LogP contribution in [0.3, 0.4) is 0 Å². The summed E-state index contributed by atoms with van der Waals surface area (Å²) in [6.07, 6.45) is 6.49. The van der Waals surface area contributed by atoms with Gasteiger partial charge in [-0.1, -0.05) is 18.2 Å². The van der Waals surface area contributed by atoms with Crippen LogP contribution in [-0.2, 0) is 4.79 Å². The molecule has 0 saturated carbocycles. The van der Waals surface area contributed by atoms with E-state index in [0.29, 0.717) is 0 Å². The van der Waals surface area contributed by atoms with Gasteiger partial charge in [-0.2, -0.15) is 0 Å². The van der Waals surface area contributed by atoms with Crippen molar-refractivity contribution < 1.29 is 4.79 Å². The Labute approximate surface area is 124 Å². The largest absolute Gasteiger partial charge is 0.360 e. The molecule has 0 radical (unpaired) electrons. The third kappa shape index (κ3) is 3.21. The lowest BCUT2D eigenvalue weighted by molar-refractivity contribution is -0.117. The maximum Gasteiger partial charge on any atom is 0.247 e. The molecular formula is C17H19N3O. The molecule has 1 atom stereocenters. The molecule has 0 bridgehead atoms. The molecule has 1 fully saturated rings.